The number of rotatable bonds is 3. The van der Waals surface area contributed by atoms with Gasteiger partial charge in [0.15, 0.2) is 0 Å². The van der Waals surface area contributed by atoms with Gasteiger partial charge in [-0.2, -0.15) is 0 Å². The summed E-state index contributed by atoms with van der Waals surface area (Å²) in [5.41, 5.74) is 7.02. The molecule has 0 radical (unpaired) electrons. The summed E-state index contributed by atoms with van der Waals surface area (Å²) in [6.07, 6.45) is 1.92. The summed E-state index contributed by atoms with van der Waals surface area (Å²) in [4.78, 5) is 0.956. The van der Waals surface area contributed by atoms with Crippen LogP contribution in [-0.4, -0.2) is 6.26 Å². The lowest BCUT2D eigenvalue weighted by molar-refractivity contribution is 0.571. The smallest absolute Gasteiger partial charge is 0.137 e. The van der Waals surface area contributed by atoms with E-state index in [1.54, 1.807) is 0 Å². The van der Waals surface area contributed by atoms with E-state index in [4.69, 9.17) is 5.73 Å². The van der Waals surface area contributed by atoms with E-state index >= 15 is 0 Å². The molecule has 0 aliphatic rings. The van der Waals surface area contributed by atoms with Crippen LogP contribution in [0.25, 0.3) is 0 Å². The van der Waals surface area contributed by atoms with E-state index in [0.29, 0.717) is 0 Å². The second kappa shape index (κ2) is 6.03. The fraction of sp³-hybridized carbons (Fsp3) is 0.143. The molecule has 2 aromatic rings. The van der Waals surface area contributed by atoms with Crippen LogP contribution in [0.2, 0.25) is 0 Å². The number of benzene rings is 2. The van der Waals surface area contributed by atoms with Crippen LogP contribution in [0.5, 0.6) is 0 Å². The highest BCUT2D eigenvalue weighted by atomic mass is 79.9. The van der Waals surface area contributed by atoms with Gasteiger partial charge in [-0.1, -0.05) is 18.2 Å². The Labute approximate surface area is 123 Å². The van der Waals surface area contributed by atoms with E-state index in [9.17, 15) is 8.78 Å². The van der Waals surface area contributed by atoms with Crippen molar-refractivity contribution in [3.63, 3.8) is 0 Å². The Morgan fingerprint density at radius 2 is 1.79 bits per heavy atom. The summed E-state index contributed by atoms with van der Waals surface area (Å²) in [6, 6.07) is 9.02. The van der Waals surface area contributed by atoms with Gasteiger partial charge in [0.1, 0.15) is 11.6 Å². The van der Waals surface area contributed by atoms with Crippen LogP contribution in [-0.2, 0) is 0 Å². The molecule has 0 fully saturated rings. The summed E-state index contributed by atoms with van der Waals surface area (Å²) >= 11 is 4.48. The van der Waals surface area contributed by atoms with Gasteiger partial charge in [-0.3, -0.25) is 0 Å². The van der Waals surface area contributed by atoms with Crippen molar-refractivity contribution < 1.29 is 8.78 Å². The molecule has 1 unspecified atom stereocenters. The molecule has 19 heavy (non-hydrogen) atoms. The Hall–Kier alpha value is -0.910. The van der Waals surface area contributed by atoms with E-state index in [0.717, 1.165) is 22.6 Å². The van der Waals surface area contributed by atoms with Crippen LogP contribution in [0.4, 0.5) is 8.78 Å². The molecule has 0 heterocycles. The fourth-order valence-corrected chi connectivity index (χ4v) is 2.83. The lowest BCUT2D eigenvalue weighted by Crippen LogP contribution is -2.15. The van der Waals surface area contributed by atoms with Crippen LogP contribution < -0.4 is 5.73 Å². The fourth-order valence-electron chi connectivity index (χ4n) is 1.87. The van der Waals surface area contributed by atoms with Crippen molar-refractivity contribution in [2.75, 3.05) is 6.26 Å². The lowest BCUT2D eigenvalue weighted by Gasteiger charge is -2.17. The van der Waals surface area contributed by atoms with Gasteiger partial charge in [-0.25, -0.2) is 8.78 Å². The maximum atomic E-state index is 13.9. The van der Waals surface area contributed by atoms with Crippen molar-refractivity contribution in [2.24, 2.45) is 5.73 Å². The van der Waals surface area contributed by atoms with Gasteiger partial charge < -0.3 is 5.73 Å². The standard InChI is InChI=1S/C14H12BrF2NS/c1-19-13-5-3-2-4-8(13)14(18)9-6-12(17)10(15)7-11(9)16/h2-7,14H,18H2,1H3. The Morgan fingerprint density at radius 3 is 2.47 bits per heavy atom. The Bertz CT molecular complexity index is 604. The average Bonchev–Trinajstić information content (AvgIpc) is 2.42. The average molecular weight is 344 g/mol. The molecule has 2 N–H and O–H groups in total. The van der Waals surface area contributed by atoms with Crippen molar-refractivity contribution in [1.29, 1.82) is 0 Å². The minimum atomic E-state index is -0.689. The minimum Gasteiger partial charge on any atom is -0.320 e. The third-order valence-electron chi connectivity index (χ3n) is 2.85. The number of thioether (sulfide) groups is 1. The van der Waals surface area contributed by atoms with Gasteiger partial charge in [0.2, 0.25) is 0 Å². The van der Waals surface area contributed by atoms with Gasteiger partial charge in [-0.05, 0) is 45.9 Å². The zero-order chi connectivity index (χ0) is 14.0. The molecular weight excluding hydrogens is 332 g/mol. The van der Waals surface area contributed by atoms with Crippen LogP contribution in [0, 0.1) is 11.6 Å². The number of hydrogen-bond acceptors (Lipinski definition) is 2. The molecule has 0 saturated heterocycles. The highest BCUT2D eigenvalue weighted by molar-refractivity contribution is 9.10. The maximum Gasteiger partial charge on any atom is 0.137 e. The molecule has 0 aromatic heterocycles. The first-order chi connectivity index (χ1) is 9.04. The van der Waals surface area contributed by atoms with E-state index < -0.39 is 17.7 Å². The first kappa shape index (κ1) is 14.5. The zero-order valence-corrected chi connectivity index (χ0v) is 12.6. The third kappa shape index (κ3) is 2.99. The maximum absolute atomic E-state index is 13.9. The molecule has 5 heteroatoms. The summed E-state index contributed by atoms with van der Waals surface area (Å²) < 4.78 is 27.6. The van der Waals surface area contributed by atoms with Gasteiger partial charge in [-0.15, -0.1) is 11.8 Å². The molecule has 0 aliphatic heterocycles. The molecule has 0 aliphatic carbocycles. The van der Waals surface area contributed by atoms with E-state index in [1.165, 1.54) is 11.8 Å². The van der Waals surface area contributed by atoms with Crippen molar-refractivity contribution >= 4 is 27.7 Å². The molecule has 1 nitrogen and oxygen atoms in total. The third-order valence-corrected chi connectivity index (χ3v) is 4.27. The van der Waals surface area contributed by atoms with E-state index in [2.05, 4.69) is 15.9 Å². The molecule has 1 atom stereocenters. The summed E-state index contributed by atoms with van der Waals surface area (Å²) in [5, 5.41) is 0. The van der Waals surface area contributed by atoms with Crippen LogP contribution in [0.15, 0.2) is 45.8 Å². The molecular formula is C14H12BrF2NS. The molecule has 0 bridgehead atoms. The first-order valence-electron chi connectivity index (χ1n) is 5.57. The second-order valence-corrected chi connectivity index (χ2v) is 5.71. The van der Waals surface area contributed by atoms with Crippen molar-refractivity contribution in [1.82, 2.24) is 0 Å². The van der Waals surface area contributed by atoms with Crippen LogP contribution in [0.1, 0.15) is 17.2 Å². The number of halogens is 3. The van der Waals surface area contributed by atoms with Gasteiger partial charge in [0, 0.05) is 10.5 Å². The first-order valence-corrected chi connectivity index (χ1v) is 7.59. The molecule has 2 aromatic carbocycles. The van der Waals surface area contributed by atoms with E-state index in [1.807, 2.05) is 30.5 Å². The molecule has 2 rings (SSSR count). The Balaban J connectivity index is 2.50. The summed E-state index contributed by atoms with van der Waals surface area (Å²) in [5.74, 6) is -1.04. The number of nitrogens with two attached hydrogens (primary N) is 1. The minimum absolute atomic E-state index is 0.0964. The Kier molecular flexibility index (Phi) is 4.60. The zero-order valence-electron chi connectivity index (χ0n) is 10.2. The Morgan fingerprint density at radius 1 is 1.11 bits per heavy atom. The highest BCUT2D eigenvalue weighted by Gasteiger charge is 2.18. The van der Waals surface area contributed by atoms with Crippen molar-refractivity contribution in [3.05, 3.63) is 63.6 Å². The largest absolute Gasteiger partial charge is 0.320 e. The normalized spacial score (nSPS) is 12.5. The molecule has 0 amide bonds. The van der Waals surface area contributed by atoms with Gasteiger partial charge in [0.25, 0.3) is 0 Å². The molecule has 0 spiro atoms. The van der Waals surface area contributed by atoms with Crippen LogP contribution >= 0.6 is 27.7 Å². The van der Waals surface area contributed by atoms with E-state index in [-0.39, 0.29) is 10.0 Å². The monoisotopic (exact) mass is 343 g/mol. The SMILES string of the molecule is CSc1ccccc1C(N)c1cc(F)c(Br)cc1F. The topological polar surface area (TPSA) is 26.0 Å². The van der Waals surface area contributed by atoms with Gasteiger partial charge >= 0.3 is 0 Å². The van der Waals surface area contributed by atoms with Gasteiger partial charge in [0.05, 0.1) is 10.5 Å². The second-order valence-electron chi connectivity index (χ2n) is 4.01. The van der Waals surface area contributed by atoms with Crippen molar-refractivity contribution in [3.8, 4) is 0 Å². The summed E-state index contributed by atoms with van der Waals surface area (Å²) in [7, 11) is 0. The number of hydrogen-bond donors (Lipinski definition) is 1. The summed E-state index contributed by atoms with van der Waals surface area (Å²) in [6.45, 7) is 0. The van der Waals surface area contributed by atoms with Crippen LogP contribution in [0.3, 0.4) is 0 Å². The highest BCUT2D eigenvalue weighted by Crippen LogP contribution is 2.31. The molecule has 100 valence electrons. The predicted octanol–water partition coefficient (Wildman–Crippen LogP) is 4.50. The van der Waals surface area contributed by atoms with Crippen molar-refractivity contribution in [2.45, 2.75) is 10.9 Å². The lowest BCUT2D eigenvalue weighted by atomic mass is 9.99. The predicted molar refractivity (Wildman–Crippen MR) is 78.3 cm³/mol. The quantitative estimate of drug-likeness (QED) is 0.656. The molecule has 0 saturated carbocycles.